The van der Waals surface area contributed by atoms with Gasteiger partial charge in [-0.3, -0.25) is 19.2 Å². The molecule has 8 nitrogen and oxygen atoms in total. The van der Waals surface area contributed by atoms with Crippen LogP contribution in [0.3, 0.4) is 0 Å². The second kappa shape index (κ2) is 12.3. The molecule has 3 amide bonds. The number of amides is 3. The molecule has 0 bridgehead atoms. The average molecular weight is 516 g/mol. The van der Waals surface area contributed by atoms with Crippen molar-refractivity contribution in [1.82, 2.24) is 15.1 Å². The van der Waals surface area contributed by atoms with E-state index in [4.69, 9.17) is 28.3 Å². The van der Waals surface area contributed by atoms with Crippen molar-refractivity contribution in [3.63, 3.8) is 0 Å². The lowest BCUT2D eigenvalue weighted by atomic mass is 9.95. The second-order valence-electron chi connectivity index (χ2n) is 7.86. The number of carboxylic acid groups (broad SMARTS) is 1. The first-order valence-corrected chi connectivity index (χ1v) is 12.1. The van der Waals surface area contributed by atoms with Gasteiger partial charge in [0.2, 0.25) is 17.7 Å². The maximum absolute atomic E-state index is 12.6. The number of likely N-dealkylation sites (tertiary alicyclic amines) is 1. The van der Waals surface area contributed by atoms with Crippen LogP contribution in [-0.2, 0) is 19.2 Å². The number of nitrogens with zero attached hydrogens (tertiary/aromatic N) is 2. The molecule has 1 aliphatic heterocycles. The summed E-state index contributed by atoms with van der Waals surface area (Å²) >= 11 is 14.0. The third-order valence-electron chi connectivity index (χ3n) is 5.24. The number of hydrogen-bond donors (Lipinski definition) is 2. The molecule has 1 heterocycles. The van der Waals surface area contributed by atoms with E-state index in [1.165, 1.54) is 29.7 Å². The first kappa shape index (κ1) is 27.0. The molecule has 1 aliphatic rings. The number of hydrogen-bond acceptors (Lipinski definition) is 5. The number of thioether (sulfide) groups is 1. The largest absolute Gasteiger partial charge is 0.480 e. The highest BCUT2D eigenvalue weighted by molar-refractivity contribution is 8.00. The molecule has 0 radical (unpaired) electrons. The van der Waals surface area contributed by atoms with Crippen LogP contribution in [0, 0.1) is 5.92 Å². The zero-order valence-electron chi connectivity index (χ0n) is 18.6. The van der Waals surface area contributed by atoms with Crippen LogP contribution in [0.5, 0.6) is 0 Å². The topological polar surface area (TPSA) is 107 Å². The summed E-state index contributed by atoms with van der Waals surface area (Å²) in [6.07, 6.45) is 3.92. The summed E-state index contributed by atoms with van der Waals surface area (Å²) in [5.74, 6) is -1.74. The lowest BCUT2D eigenvalue weighted by Gasteiger charge is -2.31. The Bertz CT molecular complexity index is 946. The number of carbonyl (C=O) groups excluding carboxylic acids is 3. The van der Waals surface area contributed by atoms with Gasteiger partial charge < -0.3 is 20.2 Å². The minimum Gasteiger partial charge on any atom is -0.480 e. The van der Waals surface area contributed by atoms with Gasteiger partial charge in [0.25, 0.3) is 0 Å². The molecule has 0 unspecified atom stereocenters. The predicted molar refractivity (Wildman–Crippen MR) is 129 cm³/mol. The lowest BCUT2D eigenvalue weighted by molar-refractivity contribution is -0.142. The van der Waals surface area contributed by atoms with Crippen molar-refractivity contribution >= 4 is 64.7 Å². The molecule has 1 fully saturated rings. The minimum absolute atomic E-state index is 0.0422. The highest BCUT2D eigenvalue weighted by atomic mass is 35.5. The van der Waals surface area contributed by atoms with Crippen molar-refractivity contribution in [3.05, 3.63) is 33.8 Å². The Morgan fingerprint density at radius 3 is 2.42 bits per heavy atom. The van der Waals surface area contributed by atoms with Gasteiger partial charge in [-0.25, -0.2) is 0 Å². The fraction of sp³-hybridized carbons (Fsp3) is 0.455. The fourth-order valence-corrected chi connectivity index (χ4v) is 4.63. The van der Waals surface area contributed by atoms with Crippen molar-refractivity contribution in [3.8, 4) is 0 Å². The molecule has 0 spiro atoms. The molecule has 0 aromatic heterocycles. The van der Waals surface area contributed by atoms with Crippen LogP contribution in [0.2, 0.25) is 10.0 Å². The van der Waals surface area contributed by atoms with Gasteiger partial charge >= 0.3 is 5.97 Å². The lowest BCUT2D eigenvalue weighted by Crippen LogP contribution is -2.46. The summed E-state index contributed by atoms with van der Waals surface area (Å²) in [7, 11) is 3.36. The molecule has 1 atom stereocenters. The zero-order valence-corrected chi connectivity index (χ0v) is 21.0. The Kier molecular flexibility index (Phi) is 10.1. The van der Waals surface area contributed by atoms with Gasteiger partial charge in [0.15, 0.2) is 0 Å². The molecule has 33 heavy (non-hydrogen) atoms. The van der Waals surface area contributed by atoms with Crippen molar-refractivity contribution < 1.29 is 24.3 Å². The Balaban J connectivity index is 1.93. The second-order valence-corrected chi connectivity index (χ2v) is 9.63. The molecule has 2 N–H and O–H groups in total. The van der Waals surface area contributed by atoms with E-state index in [1.807, 2.05) is 0 Å². The summed E-state index contributed by atoms with van der Waals surface area (Å²) in [6.45, 7) is 2.20. The average Bonchev–Trinajstić information content (AvgIpc) is 2.78. The fourth-order valence-electron chi connectivity index (χ4n) is 3.08. The summed E-state index contributed by atoms with van der Waals surface area (Å²) in [5.41, 5.74) is 0.579. The molecule has 2 rings (SSSR count). The van der Waals surface area contributed by atoms with E-state index in [9.17, 15) is 19.2 Å². The quantitative estimate of drug-likeness (QED) is 0.407. The molecule has 11 heteroatoms. The van der Waals surface area contributed by atoms with Gasteiger partial charge in [0, 0.05) is 44.1 Å². The monoisotopic (exact) mass is 515 g/mol. The molecule has 180 valence electrons. The molecule has 0 aliphatic carbocycles. The van der Waals surface area contributed by atoms with Crippen LogP contribution in [0.15, 0.2) is 23.1 Å². The van der Waals surface area contributed by atoms with Gasteiger partial charge in [-0.1, -0.05) is 29.3 Å². The Morgan fingerprint density at radius 1 is 1.21 bits per heavy atom. The number of carbonyl (C=O) groups is 4. The number of rotatable bonds is 8. The Morgan fingerprint density at radius 2 is 1.85 bits per heavy atom. The van der Waals surface area contributed by atoms with Crippen molar-refractivity contribution in [2.75, 3.05) is 32.9 Å². The first-order valence-electron chi connectivity index (χ1n) is 10.3. The summed E-state index contributed by atoms with van der Waals surface area (Å²) in [6, 6.07) is 2.55. The molecular weight excluding hydrogens is 489 g/mol. The maximum atomic E-state index is 12.6. The number of nitrogens with one attached hydrogen (secondary N) is 1. The first-order chi connectivity index (χ1) is 15.5. The third kappa shape index (κ3) is 7.65. The molecule has 1 saturated heterocycles. The summed E-state index contributed by atoms with van der Waals surface area (Å²) in [4.78, 5) is 51.2. The van der Waals surface area contributed by atoms with E-state index in [-0.39, 0.29) is 29.4 Å². The van der Waals surface area contributed by atoms with Crippen LogP contribution in [0.4, 0.5) is 0 Å². The molecular formula is C22H27Cl2N3O5S. The SMILES string of the molecule is C[C@H](NC(=O)C1CCN(C(=O)/C=C/c2ccc(SCC(=O)N(C)C)c(Cl)c2Cl)CC1)C(=O)O. The van der Waals surface area contributed by atoms with Gasteiger partial charge in [-0.15, -0.1) is 11.8 Å². The van der Waals surface area contributed by atoms with Gasteiger partial charge in [-0.2, -0.15) is 0 Å². The zero-order chi connectivity index (χ0) is 24.7. The highest BCUT2D eigenvalue weighted by Crippen LogP contribution is 2.36. The van der Waals surface area contributed by atoms with E-state index in [2.05, 4.69) is 5.32 Å². The van der Waals surface area contributed by atoms with Crippen LogP contribution < -0.4 is 5.32 Å². The van der Waals surface area contributed by atoms with Crippen molar-refractivity contribution in [1.29, 1.82) is 0 Å². The van der Waals surface area contributed by atoms with Gasteiger partial charge in [0.05, 0.1) is 15.8 Å². The standard InChI is InChI=1S/C22H27Cl2N3O5S/c1-13(22(31)32)25-21(30)15-8-10-27(11-9-15)17(28)7-5-14-4-6-16(20(24)19(14)23)33-12-18(29)26(2)3/h4-7,13,15H,8-12H2,1-3H3,(H,25,30)(H,31,32)/b7-5+/t13-/m0/s1. The number of piperidine rings is 1. The van der Waals surface area contributed by atoms with Crippen LogP contribution in [-0.4, -0.2) is 77.6 Å². The minimum atomic E-state index is -1.09. The third-order valence-corrected chi connectivity index (χ3v) is 7.29. The molecule has 0 saturated carbocycles. The van der Waals surface area contributed by atoms with Crippen LogP contribution in [0.1, 0.15) is 25.3 Å². The Hall–Kier alpha value is -2.23. The number of halogens is 2. The smallest absolute Gasteiger partial charge is 0.325 e. The normalized spacial score (nSPS) is 15.4. The van der Waals surface area contributed by atoms with Gasteiger partial charge in [0.1, 0.15) is 6.04 Å². The van der Waals surface area contributed by atoms with Crippen molar-refractivity contribution in [2.24, 2.45) is 5.92 Å². The van der Waals surface area contributed by atoms with E-state index in [0.717, 1.165) is 0 Å². The molecule has 1 aromatic carbocycles. The summed E-state index contributed by atoms with van der Waals surface area (Å²) < 4.78 is 0. The van der Waals surface area contributed by atoms with E-state index in [0.29, 0.717) is 46.4 Å². The van der Waals surface area contributed by atoms with E-state index in [1.54, 1.807) is 37.2 Å². The molecule has 1 aromatic rings. The Labute approximate surface area is 207 Å². The van der Waals surface area contributed by atoms with E-state index >= 15 is 0 Å². The number of benzene rings is 1. The predicted octanol–water partition coefficient (Wildman–Crippen LogP) is 3.01. The number of aliphatic carboxylic acids is 1. The van der Waals surface area contributed by atoms with Crippen molar-refractivity contribution in [2.45, 2.75) is 30.7 Å². The summed E-state index contributed by atoms with van der Waals surface area (Å²) in [5, 5.41) is 12.0. The maximum Gasteiger partial charge on any atom is 0.325 e. The van der Waals surface area contributed by atoms with Crippen LogP contribution >= 0.6 is 35.0 Å². The number of carboxylic acids is 1. The van der Waals surface area contributed by atoms with Crippen LogP contribution in [0.25, 0.3) is 6.08 Å². The van der Waals surface area contributed by atoms with E-state index < -0.39 is 12.0 Å². The highest BCUT2D eigenvalue weighted by Gasteiger charge is 2.28. The van der Waals surface area contributed by atoms with Gasteiger partial charge in [-0.05, 0) is 37.5 Å².